The van der Waals surface area contributed by atoms with Gasteiger partial charge in [0, 0.05) is 19.3 Å². The monoisotopic (exact) mass is 1030 g/mol. The normalized spacial score (nSPS) is 13.8. The molecule has 3 unspecified atom stereocenters. The Bertz CT molecular complexity index is 1440. The van der Waals surface area contributed by atoms with Crippen LogP contribution >= 0.6 is 7.82 Å². The van der Waals surface area contributed by atoms with Gasteiger partial charge in [-0.05, 0) is 83.5 Å². The van der Waals surface area contributed by atoms with Gasteiger partial charge in [0.05, 0.1) is 19.8 Å². The number of aliphatic hydroxyl groups is 1. The fourth-order valence-corrected chi connectivity index (χ4v) is 8.77. The first-order valence-electron chi connectivity index (χ1n) is 29.2. The van der Waals surface area contributed by atoms with Crippen LogP contribution in [0.25, 0.3) is 0 Å². The van der Waals surface area contributed by atoms with Crippen LogP contribution in [0.4, 0.5) is 0 Å². The number of carbonyl (C=O) groups excluding carboxylic acids is 3. The molecule has 0 aromatic heterocycles. The zero-order valence-electron chi connectivity index (χ0n) is 46.1. The third-order valence-corrected chi connectivity index (χ3v) is 13.4. The summed E-state index contributed by atoms with van der Waals surface area (Å²) in [5, 5.41) is 9.81. The van der Waals surface area contributed by atoms with E-state index in [2.05, 4.69) is 81.5 Å². The van der Waals surface area contributed by atoms with Crippen LogP contribution in [0.3, 0.4) is 0 Å². The molecular formula is C60H107O11P. The number of unbranched alkanes of at least 4 members (excludes halogenated alkanes) is 27. The van der Waals surface area contributed by atoms with Gasteiger partial charge in [-0.3, -0.25) is 23.4 Å². The second-order valence-electron chi connectivity index (χ2n) is 19.4. The molecule has 0 aromatic rings. The molecule has 72 heavy (non-hydrogen) atoms. The van der Waals surface area contributed by atoms with Crippen molar-refractivity contribution in [1.29, 1.82) is 0 Å². The lowest BCUT2D eigenvalue weighted by Crippen LogP contribution is -2.30. The van der Waals surface area contributed by atoms with Gasteiger partial charge in [-0.1, -0.05) is 223 Å². The molecule has 3 atom stereocenters. The molecule has 0 saturated heterocycles. The van der Waals surface area contributed by atoms with Crippen LogP contribution in [-0.2, 0) is 42.2 Å². The average Bonchev–Trinajstić information content (AvgIpc) is 3.37. The number of hydrogen-bond donors (Lipinski definition) is 2. The van der Waals surface area contributed by atoms with Gasteiger partial charge in [0.1, 0.15) is 12.7 Å². The molecular weight excluding hydrogens is 928 g/mol. The Hall–Kier alpha value is -2.82. The minimum Gasteiger partial charge on any atom is -0.462 e. The molecule has 0 amide bonds. The van der Waals surface area contributed by atoms with Crippen LogP contribution < -0.4 is 0 Å². The highest BCUT2D eigenvalue weighted by molar-refractivity contribution is 7.47. The molecule has 0 aliphatic heterocycles. The summed E-state index contributed by atoms with van der Waals surface area (Å²) in [6.45, 7) is 4.50. The number of carbonyl (C=O) groups is 3. The Morgan fingerprint density at radius 3 is 1.14 bits per heavy atom. The fourth-order valence-electron chi connectivity index (χ4n) is 7.99. The number of ether oxygens (including phenoxy) is 3. The maximum absolute atomic E-state index is 12.9. The molecule has 2 N–H and O–H groups in total. The molecule has 0 bridgehead atoms. The van der Waals surface area contributed by atoms with Crippen LogP contribution in [0, 0.1) is 0 Å². The van der Waals surface area contributed by atoms with Gasteiger partial charge in [-0.2, -0.15) is 0 Å². The highest BCUT2D eigenvalue weighted by Crippen LogP contribution is 2.43. The number of phosphoric acid groups is 1. The first-order chi connectivity index (χ1) is 35.2. The molecule has 11 nitrogen and oxygen atoms in total. The Labute approximate surface area is 440 Å². The summed E-state index contributed by atoms with van der Waals surface area (Å²) in [5.41, 5.74) is 0. The standard InChI is InChI=1S/C60H107O11P/c1-4-7-10-13-16-19-22-25-27-28-30-33-36-39-42-45-48-51-60(64)71-57(53-67-58(62)49-46-43-40-37-34-31-24-21-18-15-12-9-6-3)55-69-72(65,66)68-54-56(52-61)70-59(63)50-47-44-41-38-35-32-29-26-23-20-17-14-11-8-5-2/h7,10,16-17,19-20,25-27,29,56-57,61H,4-6,8-9,11-15,18,21-24,28,30-55H2,1-3H3,(H,65,66)/b10-7-,19-16-,20-17-,27-25-,29-26-. The lowest BCUT2D eigenvalue weighted by atomic mass is 10.0. The van der Waals surface area contributed by atoms with Gasteiger partial charge in [-0.25, -0.2) is 4.57 Å². The van der Waals surface area contributed by atoms with E-state index >= 15 is 0 Å². The molecule has 0 fully saturated rings. The summed E-state index contributed by atoms with van der Waals surface area (Å²) >= 11 is 0. The molecule has 0 heterocycles. The number of phosphoric ester groups is 1. The van der Waals surface area contributed by atoms with Crippen LogP contribution in [0.2, 0.25) is 0 Å². The van der Waals surface area contributed by atoms with Crippen LogP contribution in [-0.4, -0.2) is 66.5 Å². The van der Waals surface area contributed by atoms with Crippen molar-refractivity contribution in [3.05, 3.63) is 60.8 Å². The van der Waals surface area contributed by atoms with Crippen molar-refractivity contribution in [2.45, 2.75) is 277 Å². The molecule has 0 rings (SSSR count). The molecule has 0 aromatic carbocycles. The lowest BCUT2D eigenvalue weighted by molar-refractivity contribution is -0.161. The second kappa shape index (κ2) is 54.4. The average molecular weight is 1040 g/mol. The third-order valence-electron chi connectivity index (χ3n) is 12.4. The number of aliphatic hydroxyl groups excluding tert-OH is 1. The first kappa shape index (κ1) is 69.2. The van der Waals surface area contributed by atoms with Crippen LogP contribution in [0.15, 0.2) is 60.8 Å². The fraction of sp³-hybridized carbons (Fsp3) is 0.783. The van der Waals surface area contributed by atoms with Crippen molar-refractivity contribution in [1.82, 2.24) is 0 Å². The molecule has 418 valence electrons. The second-order valence-corrected chi connectivity index (χ2v) is 20.9. The van der Waals surface area contributed by atoms with Gasteiger partial charge in [0.25, 0.3) is 0 Å². The van der Waals surface area contributed by atoms with Crippen molar-refractivity contribution >= 4 is 25.7 Å². The maximum Gasteiger partial charge on any atom is 0.472 e. The number of esters is 3. The Morgan fingerprint density at radius 1 is 0.403 bits per heavy atom. The lowest BCUT2D eigenvalue weighted by Gasteiger charge is -2.21. The van der Waals surface area contributed by atoms with Crippen molar-refractivity contribution in [3.63, 3.8) is 0 Å². The van der Waals surface area contributed by atoms with Gasteiger partial charge in [-0.15, -0.1) is 0 Å². The minimum absolute atomic E-state index is 0.156. The summed E-state index contributed by atoms with van der Waals surface area (Å²) in [4.78, 5) is 48.5. The van der Waals surface area contributed by atoms with E-state index in [0.717, 1.165) is 122 Å². The minimum atomic E-state index is -4.75. The van der Waals surface area contributed by atoms with Crippen LogP contribution in [0.1, 0.15) is 265 Å². The zero-order valence-corrected chi connectivity index (χ0v) is 47.0. The van der Waals surface area contributed by atoms with E-state index < -0.39 is 57.8 Å². The van der Waals surface area contributed by atoms with E-state index in [0.29, 0.717) is 19.3 Å². The quantitative estimate of drug-likeness (QED) is 0.0197. The van der Waals surface area contributed by atoms with E-state index in [9.17, 15) is 28.9 Å². The number of rotatable bonds is 54. The van der Waals surface area contributed by atoms with E-state index in [4.69, 9.17) is 23.3 Å². The molecule has 0 aliphatic carbocycles. The predicted octanol–water partition coefficient (Wildman–Crippen LogP) is 17.1. The molecule has 0 saturated carbocycles. The smallest absolute Gasteiger partial charge is 0.462 e. The van der Waals surface area contributed by atoms with Crippen molar-refractivity contribution in [2.75, 3.05) is 26.4 Å². The summed E-state index contributed by atoms with van der Waals surface area (Å²) in [5.74, 6) is -1.48. The molecule has 0 spiro atoms. The summed E-state index contributed by atoms with van der Waals surface area (Å²) in [6, 6.07) is 0. The highest BCUT2D eigenvalue weighted by atomic mass is 31.2. The predicted molar refractivity (Wildman–Crippen MR) is 298 cm³/mol. The Kier molecular flexibility index (Phi) is 52.3. The SMILES string of the molecule is CC/C=C\C/C=C\C/C=C\CCCCCCCCCC(=O)OC(COC(=O)CCCCCCCCCCCCCCC)COP(=O)(O)OCC(CO)OC(=O)CCCCCCC/C=C\C/C=C\CCCCC. The van der Waals surface area contributed by atoms with Gasteiger partial charge < -0.3 is 24.2 Å². The first-order valence-corrected chi connectivity index (χ1v) is 30.7. The summed E-state index contributed by atoms with van der Waals surface area (Å²) in [6.07, 6.45) is 58.8. The van der Waals surface area contributed by atoms with Gasteiger partial charge in [0.15, 0.2) is 6.10 Å². The van der Waals surface area contributed by atoms with Crippen LogP contribution in [0.5, 0.6) is 0 Å². The highest BCUT2D eigenvalue weighted by Gasteiger charge is 2.28. The van der Waals surface area contributed by atoms with E-state index in [1.807, 2.05) is 0 Å². The topological polar surface area (TPSA) is 155 Å². The number of allylic oxidation sites excluding steroid dienone is 10. The Balaban J connectivity index is 4.72. The molecule has 0 aliphatic rings. The number of hydrogen-bond acceptors (Lipinski definition) is 10. The van der Waals surface area contributed by atoms with Gasteiger partial charge in [0.2, 0.25) is 0 Å². The van der Waals surface area contributed by atoms with E-state index in [-0.39, 0.29) is 25.9 Å². The molecule has 12 heteroatoms. The maximum atomic E-state index is 12.9. The van der Waals surface area contributed by atoms with Crippen molar-refractivity contribution in [3.8, 4) is 0 Å². The van der Waals surface area contributed by atoms with Gasteiger partial charge >= 0.3 is 25.7 Å². The Morgan fingerprint density at radius 2 is 0.722 bits per heavy atom. The van der Waals surface area contributed by atoms with E-state index in [1.165, 1.54) is 83.5 Å². The molecule has 0 radical (unpaired) electrons. The zero-order chi connectivity index (χ0) is 52.7. The third kappa shape index (κ3) is 52.1. The summed E-state index contributed by atoms with van der Waals surface area (Å²) < 4.78 is 39.5. The largest absolute Gasteiger partial charge is 0.472 e. The van der Waals surface area contributed by atoms with Crippen molar-refractivity contribution < 1.29 is 52.2 Å². The summed E-state index contributed by atoms with van der Waals surface area (Å²) in [7, 11) is -4.75. The van der Waals surface area contributed by atoms with Crippen molar-refractivity contribution in [2.24, 2.45) is 0 Å². The van der Waals surface area contributed by atoms with E-state index in [1.54, 1.807) is 0 Å².